The van der Waals surface area contributed by atoms with Crippen molar-refractivity contribution >= 4 is 17.5 Å². The number of ether oxygens (including phenoxy) is 1. The number of nitrogens with zero attached hydrogens (tertiary/aromatic N) is 1. The number of carbonyl (C=O) groups excluding carboxylic acids is 1. The smallest absolute Gasteiger partial charge is 0.253 e. The van der Waals surface area contributed by atoms with E-state index >= 15 is 0 Å². The molecular weight excluding hydrogens is 340 g/mol. The van der Waals surface area contributed by atoms with Crippen LogP contribution in [0.1, 0.15) is 42.5 Å². The van der Waals surface area contributed by atoms with Crippen molar-refractivity contribution < 1.29 is 14.6 Å². The SMILES string of the molecule is O=C(NCC1(O)CCCCC1)c1cc(Oc2ccncc2)ccc1Cl. The van der Waals surface area contributed by atoms with E-state index < -0.39 is 5.60 Å². The maximum atomic E-state index is 12.5. The molecule has 132 valence electrons. The molecule has 1 aromatic heterocycles. The van der Waals surface area contributed by atoms with Gasteiger partial charge in [-0.2, -0.15) is 0 Å². The van der Waals surface area contributed by atoms with E-state index in [1.165, 1.54) is 0 Å². The van der Waals surface area contributed by atoms with Crippen LogP contribution in [0, 0.1) is 0 Å². The second-order valence-electron chi connectivity index (χ2n) is 6.39. The van der Waals surface area contributed by atoms with E-state index in [0.29, 0.717) is 34.9 Å². The Labute approximate surface area is 152 Å². The predicted molar refractivity (Wildman–Crippen MR) is 96.1 cm³/mol. The van der Waals surface area contributed by atoms with Gasteiger partial charge in [0.15, 0.2) is 0 Å². The average Bonchev–Trinajstić information content (AvgIpc) is 2.63. The number of benzene rings is 1. The van der Waals surface area contributed by atoms with Crippen molar-refractivity contribution in [1.82, 2.24) is 10.3 Å². The van der Waals surface area contributed by atoms with Crippen molar-refractivity contribution in [3.05, 3.63) is 53.3 Å². The van der Waals surface area contributed by atoms with E-state index in [4.69, 9.17) is 16.3 Å². The van der Waals surface area contributed by atoms with Crippen LogP contribution in [0.15, 0.2) is 42.7 Å². The van der Waals surface area contributed by atoms with Crippen LogP contribution in [-0.2, 0) is 0 Å². The van der Waals surface area contributed by atoms with Crippen LogP contribution >= 0.6 is 11.6 Å². The molecule has 1 heterocycles. The predicted octanol–water partition coefficient (Wildman–Crippen LogP) is 3.95. The van der Waals surface area contributed by atoms with E-state index in [0.717, 1.165) is 19.3 Å². The van der Waals surface area contributed by atoms with Crippen LogP contribution in [0.25, 0.3) is 0 Å². The average molecular weight is 361 g/mol. The minimum Gasteiger partial charge on any atom is -0.457 e. The van der Waals surface area contributed by atoms with Gasteiger partial charge in [-0.05, 0) is 43.2 Å². The zero-order valence-electron chi connectivity index (χ0n) is 13.9. The Morgan fingerprint density at radius 3 is 2.60 bits per heavy atom. The lowest BCUT2D eigenvalue weighted by molar-refractivity contribution is 0.00526. The van der Waals surface area contributed by atoms with Crippen LogP contribution in [0.2, 0.25) is 5.02 Å². The lowest BCUT2D eigenvalue weighted by atomic mass is 9.85. The largest absolute Gasteiger partial charge is 0.457 e. The van der Waals surface area contributed by atoms with Crippen molar-refractivity contribution in [1.29, 1.82) is 0 Å². The maximum Gasteiger partial charge on any atom is 0.253 e. The molecule has 1 saturated carbocycles. The highest BCUT2D eigenvalue weighted by Crippen LogP contribution is 2.28. The van der Waals surface area contributed by atoms with Crippen molar-refractivity contribution in [2.24, 2.45) is 0 Å². The third-order valence-electron chi connectivity index (χ3n) is 4.43. The van der Waals surface area contributed by atoms with E-state index in [1.807, 2.05) is 0 Å². The van der Waals surface area contributed by atoms with E-state index in [-0.39, 0.29) is 12.5 Å². The second kappa shape index (κ2) is 7.85. The van der Waals surface area contributed by atoms with E-state index in [2.05, 4.69) is 10.3 Å². The molecule has 2 aromatic rings. The summed E-state index contributed by atoms with van der Waals surface area (Å²) in [7, 11) is 0. The Bertz CT molecular complexity index is 731. The number of hydrogen-bond donors (Lipinski definition) is 2. The molecule has 2 N–H and O–H groups in total. The summed E-state index contributed by atoms with van der Waals surface area (Å²) in [6, 6.07) is 8.39. The number of pyridine rings is 1. The first-order valence-corrected chi connectivity index (χ1v) is 8.82. The maximum absolute atomic E-state index is 12.5. The monoisotopic (exact) mass is 360 g/mol. The van der Waals surface area contributed by atoms with Crippen LogP contribution in [0.5, 0.6) is 11.5 Å². The molecule has 0 spiro atoms. The normalized spacial score (nSPS) is 16.2. The number of carbonyl (C=O) groups is 1. The summed E-state index contributed by atoms with van der Waals surface area (Å²) in [5.74, 6) is 0.821. The molecule has 5 nitrogen and oxygen atoms in total. The summed E-state index contributed by atoms with van der Waals surface area (Å²) in [6.45, 7) is 0.234. The van der Waals surface area contributed by atoms with Crippen LogP contribution in [0.4, 0.5) is 0 Å². The van der Waals surface area contributed by atoms with Gasteiger partial charge in [0.2, 0.25) is 0 Å². The fourth-order valence-electron chi connectivity index (χ4n) is 3.01. The molecule has 1 aromatic carbocycles. The summed E-state index contributed by atoms with van der Waals surface area (Å²) in [6.07, 6.45) is 7.80. The zero-order valence-corrected chi connectivity index (χ0v) is 14.6. The zero-order chi connectivity index (χ0) is 17.7. The molecule has 25 heavy (non-hydrogen) atoms. The van der Waals surface area contributed by atoms with E-state index in [1.54, 1.807) is 42.7 Å². The summed E-state index contributed by atoms with van der Waals surface area (Å²) in [5, 5.41) is 13.7. The Balaban J connectivity index is 1.68. The summed E-state index contributed by atoms with van der Waals surface area (Å²) in [5.41, 5.74) is -0.487. The van der Waals surface area contributed by atoms with Gasteiger partial charge in [-0.1, -0.05) is 30.9 Å². The van der Waals surface area contributed by atoms with Gasteiger partial charge >= 0.3 is 0 Å². The third-order valence-corrected chi connectivity index (χ3v) is 4.76. The van der Waals surface area contributed by atoms with Crippen molar-refractivity contribution in [3.63, 3.8) is 0 Å². The van der Waals surface area contributed by atoms with Gasteiger partial charge < -0.3 is 15.2 Å². The van der Waals surface area contributed by atoms with Gasteiger partial charge in [0, 0.05) is 18.9 Å². The Kier molecular flexibility index (Phi) is 5.56. The Morgan fingerprint density at radius 1 is 1.16 bits per heavy atom. The number of nitrogens with one attached hydrogen (secondary N) is 1. The molecule has 1 fully saturated rings. The van der Waals surface area contributed by atoms with Gasteiger partial charge in [-0.3, -0.25) is 9.78 Å². The number of halogens is 1. The molecule has 1 amide bonds. The molecule has 0 atom stereocenters. The fourth-order valence-corrected chi connectivity index (χ4v) is 3.21. The number of hydrogen-bond acceptors (Lipinski definition) is 4. The van der Waals surface area contributed by atoms with Gasteiger partial charge in [0.25, 0.3) is 5.91 Å². The minimum atomic E-state index is -0.814. The topological polar surface area (TPSA) is 71.5 Å². The van der Waals surface area contributed by atoms with Crippen molar-refractivity contribution in [2.75, 3.05) is 6.54 Å². The fraction of sp³-hybridized carbons (Fsp3) is 0.368. The molecule has 0 saturated heterocycles. The lowest BCUT2D eigenvalue weighted by Crippen LogP contribution is -2.44. The van der Waals surface area contributed by atoms with Crippen LogP contribution in [0.3, 0.4) is 0 Å². The summed E-state index contributed by atoms with van der Waals surface area (Å²) >= 11 is 6.16. The lowest BCUT2D eigenvalue weighted by Gasteiger charge is -2.32. The minimum absolute atomic E-state index is 0.234. The van der Waals surface area contributed by atoms with Crippen LogP contribution in [-0.4, -0.2) is 28.1 Å². The van der Waals surface area contributed by atoms with E-state index in [9.17, 15) is 9.90 Å². The molecule has 0 radical (unpaired) electrons. The Morgan fingerprint density at radius 2 is 1.88 bits per heavy atom. The number of aliphatic hydroxyl groups is 1. The first-order chi connectivity index (χ1) is 12.1. The highest BCUT2D eigenvalue weighted by molar-refractivity contribution is 6.33. The molecule has 0 bridgehead atoms. The molecule has 0 aliphatic heterocycles. The van der Waals surface area contributed by atoms with Crippen LogP contribution < -0.4 is 10.1 Å². The molecule has 3 rings (SSSR count). The first-order valence-electron chi connectivity index (χ1n) is 8.44. The quantitative estimate of drug-likeness (QED) is 0.846. The Hall–Kier alpha value is -2.11. The highest BCUT2D eigenvalue weighted by Gasteiger charge is 2.29. The second-order valence-corrected chi connectivity index (χ2v) is 6.80. The molecule has 1 aliphatic carbocycles. The molecular formula is C19H21ClN2O3. The molecule has 1 aliphatic rings. The number of aromatic nitrogens is 1. The molecule has 6 heteroatoms. The first kappa shape index (κ1) is 17.7. The highest BCUT2D eigenvalue weighted by atomic mass is 35.5. The molecule has 0 unspecified atom stereocenters. The van der Waals surface area contributed by atoms with Gasteiger partial charge in [0.1, 0.15) is 11.5 Å². The standard InChI is InChI=1S/C19H21ClN2O3/c20-17-5-4-15(25-14-6-10-21-11-7-14)12-16(17)18(23)22-13-19(24)8-2-1-3-9-19/h4-7,10-12,24H,1-3,8-9,13H2,(H,22,23). The number of rotatable bonds is 5. The van der Waals surface area contributed by atoms with Crippen molar-refractivity contribution in [2.45, 2.75) is 37.7 Å². The number of amides is 1. The van der Waals surface area contributed by atoms with Gasteiger partial charge in [0.05, 0.1) is 16.2 Å². The summed E-state index contributed by atoms with van der Waals surface area (Å²) < 4.78 is 5.71. The van der Waals surface area contributed by atoms with Gasteiger partial charge in [-0.25, -0.2) is 0 Å². The summed E-state index contributed by atoms with van der Waals surface area (Å²) in [4.78, 5) is 16.4. The third kappa shape index (κ3) is 4.71. The van der Waals surface area contributed by atoms with Gasteiger partial charge in [-0.15, -0.1) is 0 Å². The van der Waals surface area contributed by atoms with Crippen molar-refractivity contribution in [3.8, 4) is 11.5 Å².